The van der Waals surface area contributed by atoms with Gasteiger partial charge in [0.2, 0.25) is 11.7 Å². The van der Waals surface area contributed by atoms with Crippen LogP contribution in [0.25, 0.3) is 2.86 Å². The molecule has 0 aromatic carbocycles. The Kier molecular flexibility index (Phi) is 4.75. The number of aliphatic hydroxyl groups is 1. The molecule has 0 radical (unpaired) electrons. The smallest absolute Gasteiger partial charge is 0.371 e. The highest BCUT2D eigenvalue weighted by Gasteiger charge is 2.69. The lowest BCUT2D eigenvalue weighted by Gasteiger charge is -2.28. The molecule has 5 unspecified atom stereocenters. The van der Waals surface area contributed by atoms with Gasteiger partial charge in [0.1, 0.15) is 6.23 Å². The van der Waals surface area contributed by atoms with E-state index in [0.717, 1.165) is 12.2 Å². The normalized spacial score (nSPS) is 33.0. The average molecular weight is 440 g/mol. The number of furan rings is 1. The molecule has 2 saturated heterocycles. The summed E-state index contributed by atoms with van der Waals surface area (Å²) in [5.41, 5.74) is -1.49. The average Bonchev–Trinajstić information content (AvgIpc) is 3.66. The van der Waals surface area contributed by atoms with Crippen molar-refractivity contribution in [1.29, 1.82) is 2.86 Å². The number of aromatic carboxylic acids is 1. The van der Waals surface area contributed by atoms with Crippen molar-refractivity contribution in [2.75, 3.05) is 7.05 Å². The van der Waals surface area contributed by atoms with E-state index in [4.69, 9.17) is 9.01 Å². The summed E-state index contributed by atoms with van der Waals surface area (Å²) in [4.78, 5) is 55.6. The Morgan fingerprint density at radius 2 is 1.97 bits per heavy atom. The third-order valence-electron chi connectivity index (χ3n) is 5.08. The van der Waals surface area contributed by atoms with E-state index in [0.29, 0.717) is 5.31 Å². The fourth-order valence-electron chi connectivity index (χ4n) is 3.68. The number of rotatable bonds is 2. The van der Waals surface area contributed by atoms with Gasteiger partial charge in [0.05, 0.1) is 24.2 Å². The zero-order chi connectivity index (χ0) is 25.2. The first-order valence-electron chi connectivity index (χ1n) is 10.1. The first-order valence-corrected chi connectivity index (χ1v) is 8.84. The van der Waals surface area contributed by atoms with Crippen molar-refractivity contribution >= 4 is 29.7 Å². The number of ether oxygens (including phenoxy) is 1. The highest BCUT2D eigenvalue weighted by molar-refractivity contribution is 6.12. The second kappa shape index (κ2) is 8.16. The van der Waals surface area contributed by atoms with Crippen molar-refractivity contribution in [3.05, 3.63) is 48.5 Å². The second-order valence-corrected chi connectivity index (χ2v) is 6.82. The Labute approximate surface area is 178 Å². The minimum atomic E-state index is -1.49. The van der Waals surface area contributed by atoms with Crippen molar-refractivity contribution in [2.24, 2.45) is 11.8 Å². The predicted octanol–water partition coefficient (Wildman–Crippen LogP) is -1.02. The minimum absolute atomic E-state index is 0.0463. The van der Waals surface area contributed by atoms with E-state index in [2.05, 4.69) is 14.6 Å². The number of nitrogens with one attached hydrogen (secondary N) is 1. The number of carboxylic acid groups (broad SMARTS) is 2. The molecule has 5 atom stereocenters. The molecule has 4 aliphatic heterocycles. The zero-order valence-corrected chi connectivity index (χ0v) is 15.9. The Morgan fingerprint density at radius 3 is 2.48 bits per heavy atom. The van der Waals surface area contributed by atoms with Crippen LogP contribution in [0.5, 0.6) is 0 Å². The summed E-state index contributed by atoms with van der Waals surface area (Å²) in [5, 5.41) is 17.9. The Bertz CT molecular complexity index is 1040. The Hall–Kier alpha value is -3.77. The summed E-state index contributed by atoms with van der Waals surface area (Å²) in [5.74, 6) is -4.30. The van der Waals surface area contributed by atoms with Crippen LogP contribution in [-0.4, -0.2) is 74.9 Å². The van der Waals surface area contributed by atoms with Crippen molar-refractivity contribution in [3.8, 4) is 0 Å². The van der Waals surface area contributed by atoms with Gasteiger partial charge in [0.15, 0.2) is 7.01 Å². The molecule has 4 N–H and O–H groups in total. The van der Waals surface area contributed by atoms with Crippen molar-refractivity contribution in [2.45, 2.75) is 17.9 Å². The molecule has 0 saturated carbocycles. The van der Waals surface area contributed by atoms with E-state index in [1.807, 2.05) is 0 Å². The van der Waals surface area contributed by atoms with Crippen LogP contribution in [0, 0.1) is 11.8 Å². The van der Waals surface area contributed by atoms with E-state index in [1.165, 1.54) is 30.4 Å². The van der Waals surface area contributed by atoms with Crippen LogP contribution in [0.2, 0.25) is 1.41 Å². The number of nitrogens with zero attached hydrogens (tertiary/aromatic N) is 1. The fourth-order valence-corrected chi connectivity index (χ4v) is 3.68. The molecule has 1 aromatic rings. The lowest BCUT2D eigenvalue weighted by molar-refractivity contribution is -0.164. The van der Waals surface area contributed by atoms with Gasteiger partial charge in [-0.25, -0.2) is 9.59 Å². The van der Waals surface area contributed by atoms with Crippen LogP contribution < -0.4 is 5.31 Å². The van der Waals surface area contributed by atoms with Gasteiger partial charge >= 0.3 is 11.9 Å². The second-order valence-electron chi connectivity index (χ2n) is 6.82. The van der Waals surface area contributed by atoms with Crippen LogP contribution in [0.15, 0.2) is 47.1 Å². The van der Waals surface area contributed by atoms with Crippen LogP contribution in [0.1, 0.15) is 10.6 Å². The van der Waals surface area contributed by atoms with Crippen molar-refractivity contribution < 1.29 is 49.9 Å². The van der Waals surface area contributed by atoms with Gasteiger partial charge in [0.25, 0.3) is 14.7 Å². The molecule has 164 valence electrons. The van der Waals surface area contributed by atoms with E-state index in [-0.39, 0.29) is 11.7 Å². The molecule has 12 nitrogen and oxygen atoms in total. The van der Waals surface area contributed by atoms with Crippen LogP contribution in [0.3, 0.4) is 0 Å². The number of likely N-dealkylation sites (tertiary alicyclic amines) is 1. The predicted molar refractivity (Wildman–Crippen MR) is 98.1 cm³/mol. The first kappa shape index (κ1) is 18.0. The van der Waals surface area contributed by atoms with Gasteiger partial charge in [-0.3, -0.25) is 19.7 Å². The number of aliphatic hydroxyl groups excluding tert-OH is 1. The van der Waals surface area contributed by atoms with E-state index in [9.17, 15) is 29.1 Å². The highest BCUT2D eigenvalue weighted by Crippen LogP contribution is 2.52. The molecule has 4 aliphatic rings. The van der Waals surface area contributed by atoms with Crippen LogP contribution in [-0.2, 0) is 23.9 Å². The molecular weight excluding hydrogens is 416 g/mol. The van der Waals surface area contributed by atoms with Gasteiger partial charge in [-0.2, -0.15) is 0 Å². The number of carbonyl (C=O) groups is 5. The maximum atomic E-state index is 11.9. The largest absolute Gasteiger partial charge is 0.479 e. The molecule has 1 aromatic heterocycles. The lowest BCUT2D eigenvalue weighted by atomic mass is 9.76. The summed E-state index contributed by atoms with van der Waals surface area (Å²) in [6.45, 7) is 0. The number of hydrogen-bond donors (Lipinski definition) is 4. The molecule has 0 aliphatic carbocycles. The molecule has 12 heteroatoms. The monoisotopic (exact) mass is 440 g/mol. The molecular formula is C19H18N2O10. The van der Waals surface area contributed by atoms with E-state index >= 15 is 0 Å². The first-order chi connectivity index (χ1) is 16.1. The number of aliphatic carboxylic acids is 1. The molecule has 31 heavy (non-hydrogen) atoms. The number of hydrogen-bond acceptors (Lipinski definition) is 10. The van der Waals surface area contributed by atoms with Crippen LogP contribution >= 0.6 is 0 Å². The molecule has 2 bridgehead atoms. The van der Waals surface area contributed by atoms with Crippen LogP contribution in [0.4, 0.5) is 0 Å². The summed E-state index contributed by atoms with van der Waals surface area (Å²) in [7, 11) is 1.48. The molecule has 5 rings (SSSR count). The van der Waals surface area contributed by atoms with Crippen molar-refractivity contribution in [3.63, 3.8) is 0 Å². The Morgan fingerprint density at radius 1 is 1.26 bits per heavy atom. The standard InChI is InChI=1S/C10H11NO5.C5H4O3.C4H3NO2/c1-11-7(12)5-4-2-3-10(16-4,9(14)15)6(5)8(11)13;6-5(7)4-2-1-3-8-4;6-3-1-2-4(7)5-3/h2-6,8,13H,1H3,(H,14,15);1-3H,(H,6,7);1-2H,(H,5,6,7)/i/hT3. The Balaban J connectivity index is 0.000000161. The maximum Gasteiger partial charge on any atom is 0.371 e. The lowest BCUT2D eigenvalue weighted by Crippen LogP contribution is -2.48. The van der Waals surface area contributed by atoms with Crippen molar-refractivity contribution in [1.82, 2.24) is 10.2 Å². The molecule has 0 spiro atoms. The highest BCUT2D eigenvalue weighted by atomic mass is 16.6. The third-order valence-corrected chi connectivity index (χ3v) is 5.08. The minimum Gasteiger partial charge on any atom is -0.479 e. The van der Waals surface area contributed by atoms with Gasteiger partial charge in [-0.15, -0.1) is 0 Å². The molecule has 5 heterocycles. The van der Waals surface area contributed by atoms with Gasteiger partial charge in [-0.05, 0) is 18.2 Å². The summed E-state index contributed by atoms with van der Waals surface area (Å²) < 4.78 is 29.5. The SMILES string of the molecule is [3H]N1C(=O)C=CC1=O.[3H]OC(=O)C12C=CC(O1)C1C(=O)N(C)C(O)C12.[3H]OC(=O)c1ccco1. The topological polar surface area (TPSA) is 184 Å². The number of fused-ring (bicyclic) bond motifs is 5. The van der Waals surface area contributed by atoms with E-state index < -0.39 is 53.5 Å². The van der Waals surface area contributed by atoms with Gasteiger partial charge < -0.3 is 29.4 Å². The maximum absolute atomic E-state index is 11.9. The fraction of sp³-hybridized carbons (Fsp3) is 0.316. The summed E-state index contributed by atoms with van der Waals surface area (Å²) >= 11 is 0. The van der Waals surface area contributed by atoms with Gasteiger partial charge in [-0.1, -0.05) is 6.08 Å². The molecule has 2 fully saturated rings. The summed E-state index contributed by atoms with van der Waals surface area (Å²) in [6.07, 6.45) is 4.94. The van der Waals surface area contributed by atoms with E-state index in [1.54, 1.807) is 12.1 Å². The molecule has 3 amide bonds. The quantitative estimate of drug-likeness (QED) is 0.328. The third kappa shape index (κ3) is 3.85. The number of imide groups is 1. The number of carbonyl (C=O) groups excluding carboxylic acids is 3. The number of amides is 3. The number of carboxylic acids is 2. The summed E-state index contributed by atoms with van der Waals surface area (Å²) in [6, 6.07) is 2.98. The van der Waals surface area contributed by atoms with Gasteiger partial charge in [0, 0.05) is 19.2 Å². The zero-order valence-electron chi connectivity index (χ0n) is 18.9.